The molecule has 0 saturated carbocycles. The summed E-state index contributed by atoms with van der Waals surface area (Å²) in [6.45, 7) is 2.86. The Morgan fingerprint density at radius 3 is 1.97 bits per heavy atom. The number of hydrogen-bond donors (Lipinski definition) is 1. The smallest absolute Gasteiger partial charge is 0.339 e. The molecule has 3 nitrogen and oxygen atoms in total. The molecular weight excluding hydrogens is 446 g/mol. The maximum atomic E-state index is 13.3. The van der Waals surface area contributed by atoms with Crippen LogP contribution in [0.3, 0.4) is 0 Å². The highest BCUT2D eigenvalue weighted by Gasteiger charge is 2.39. The van der Waals surface area contributed by atoms with Gasteiger partial charge in [-0.15, -0.1) is 0 Å². The molecule has 0 aromatic heterocycles. The van der Waals surface area contributed by atoms with E-state index in [1.165, 1.54) is 18.9 Å². The Balaban J connectivity index is 1.90. The van der Waals surface area contributed by atoms with E-state index >= 15 is 0 Å². The predicted octanol–water partition coefficient (Wildman–Crippen LogP) is 5.96. The van der Waals surface area contributed by atoms with Crippen molar-refractivity contribution in [3.63, 3.8) is 0 Å². The van der Waals surface area contributed by atoms with Crippen LogP contribution in [-0.4, -0.2) is 30.9 Å². The summed E-state index contributed by atoms with van der Waals surface area (Å²) in [5.41, 5.74) is -2.44. The van der Waals surface area contributed by atoms with Gasteiger partial charge in [-0.1, -0.05) is 30.3 Å². The van der Waals surface area contributed by atoms with Gasteiger partial charge in [-0.25, -0.2) is 0 Å². The molecule has 0 aliphatic carbocycles. The zero-order chi connectivity index (χ0) is 24.4. The second-order valence-corrected chi connectivity index (χ2v) is 8.59. The molecule has 1 atom stereocenters. The molecule has 2 aromatic carbocycles. The Hall–Kier alpha value is -2.55. The maximum Gasteiger partial charge on any atom is 0.416 e. The first-order valence-corrected chi connectivity index (χ1v) is 10.6. The molecule has 1 unspecified atom stereocenters. The van der Waals surface area contributed by atoms with E-state index in [0.29, 0.717) is 38.1 Å². The third-order valence-corrected chi connectivity index (χ3v) is 6.50. The second kappa shape index (κ2) is 9.37. The van der Waals surface area contributed by atoms with Crippen LogP contribution in [0.5, 0.6) is 0 Å². The average molecular weight is 472 g/mol. The van der Waals surface area contributed by atoms with Gasteiger partial charge in [-0.05, 0) is 62.2 Å². The zero-order valence-electron chi connectivity index (χ0n) is 18.4. The largest absolute Gasteiger partial charge is 0.416 e. The minimum absolute atomic E-state index is 0.0947. The van der Waals surface area contributed by atoms with Crippen molar-refractivity contribution in [3.8, 4) is 0 Å². The number of halogens is 6. The maximum absolute atomic E-state index is 13.3. The monoisotopic (exact) mass is 472 g/mol. The lowest BCUT2D eigenvalue weighted by Gasteiger charge is -2.39. The summed E-state index contributed by atoms with van der Waals surface area (Å²) < 4.78 is 79.5. The molecule has 2 aromatic rings. The van der Waals surface area contributed by atoms with Crippen molar-refractivity contribution in [1.29, 1.82) is 0 Å². The first kappa shape index (κ1) is 25.1. The van der Waals surface area contributed by atoms with Gasteiger partial charge in [0, 0.05) is 18.9 Å². The minimum Gasteiger partial charge on any atom is -0.339 e. The number of nitrogens with one attached hydrogen (secondary N) is 1. The highest BCUT2D eigenvalue weighted by atomic mass is 19.4. The number of carbonyl (C=O) groups is 1. The lowest BCUT2D eigenvalue weighted by atomic mass is 9.70. The zero-order valence-corrected chi connectivity index (χ0v) is 18.4. The third-order valence-electron chi connectivity index (χ3n) is 6.50. The van der Waals surface area contributed by atoms with E-state index in [-0.39, 0.29) is 24.0 Å². The Kier molecular flexibility index (Phi) is 7.12. The standard InChI is InChI=1S/C24H26F6N2O/c1-16(17-12-19(23(25,26)27)14-20(13-17)24(28,29)30)32(2)21(33)15-22(8-10-31-11-9-22)18-6-4-3-5-7-18/h3-7,12-14,16,31H,8-11,15H2,1-2H3. The van der Waals surface area contributed by atoms with Crippen molar-refractivity contribution < 1.29 is 31.1 Å². The molecule has 0 spiro atoms. The first-order chi connectivity index (χ1) is 15.3. The van der Waals surface area contributed by atoms with E-state index < -0.39 is 34.9 Å². The minimum atomic E-state index is -4.94. The molecular formula is C24H26F6N2O. The summed E-state index contributed by atoms with van der Waals surface area (Å²) in [5.74, 6) is -0.334. The molecule has 3 rings (SSSR count). The van der Waals surface area contributed by atoms with Crippen molar-refractivity contribution >= 4 is 5.91 Å². The fourth-order valence-corrected chi connectivity index (χ4v) is 4.34. The van der Waals surface area contributed by atoms with Gasteiger partial charge in [-0.3, -0.25) is 4.79 Å². The van der Waals surface area contributed by atoms with Crippen LogP contribution in [0, 0.1) is 0 Å². The number of nitrogens with zero attached hydrogens (tertiary/aromatic N) is 1. The summed E-state index contributed by atoms with van der Waals surface area (Å²) in [7, 11) is 1.42. The Labute approximate surface area is 188 Å². The van der Waals surface area contributed by atoms with Crippen molar-refractivity contribution in [2.24, 2.45) is 0 Å². The van der Waals surface area contributed by atoms with E-state index in [9.17, 15) is 31.1 Å². The van der Waals surface area contributed by atoms with E-state index in [4.69, 9.17) is 0 Å². The van der Waals surface area contributed by atoms with Gasteiger partial charge in [0.2, 0.25) is 5.91 Å². The van der Waals surface area contributed by atoms with Crippen LogP contribution >= 0.6 is 0 Å². The quantitative estimate of drug-likeness (QED) is 0.545. The molecule has 1 N–H and O–H groups in total. The number of rotatable bonds is 5. The predicted molar refractivity (Wildman–Crippen MR) is 112 cm³/mol. The molecule has 33 heavy (non-hydrogen) atoms. The average Bonchev–Trinajstić information content (AvgIpc) is 2.77. The van der Waals surface area contributed by atoms with Crippen LogP contribution < -0.4 is 5.32 Å². The van der Waals surface area contributed by atoms with Crippen LogP contribution in [-0.2, 0) is 22.6 Å². The highest BCUT2D eigenvalue weighted by Crippen LogP contribution is 2.40. The summed E-state index contributed by atoms with van der Waals surface area (Å²) in [6, 6.07) is 10.0. The van der Waals surface area contributed by atoms with Gasteiger partial charge < -0.3 is 10.2 Å². The lowest BCUT2D eigenvalue weighted by Crippen LogP contribution is -2.44. The van der Waals surface area contributed by atoms with Gasteiger partial charge in [0.1, 0.15) is 0 Å². The van der Waals surface area contributed by atoms with Crippen molar-refractivity contribution in [2.45, 2.75) is 50.0 Å². The molecule has 1 aliphatic heterocycles. The van der Waals surface area contributed by atoms with Crippen molar-refractivity contribution in [3.05, 3.63) is 70.8 Å². The molecule has 1 amide bonds. The summed E-state index contributed by atoms with van der Waals surface area (Å²) in [5, 5.41) is 3.26. The highest BCUT2D eigenvalue weighted by molar-refractivity contribution is 5.78. The fourth-order valence-electron chi connectivity index (χ4n) is 4.34. The summed E-state index contributed by atoms with van der Waals surface area (Å²) in [4.78, 5) is 14.5. The topological polar surface area (TPSA) is 32.3 Å². The first-order valence-electron chi connectivity index (χ1n) is 10.6. The molecule has 1 aliphatic rings. The van der Waals surface area contributed by atoms with Gasteiger partial charge in [0.25, 0.3) is 0 Å². The van der Waals surface area contributed by atoms with Gasteiger partial charge in [0.05, 0.1) is 17.2 Å². The molecule has 1 heterocycles. The molecule has 0 radical (unpaired) electrons. The number of benzene rings is 2. The van der Waals surface area contributed by atoms with Crippen LogP contribution in [0.15, 0.2) is 48.5 Å². The number of carbonyl (C=O) groups excluding carboxylic acids is 1. The SMILES string of the molecule is CC(c1cc(C(F)(F)F)cc(C(F)(F)F)c1)N(C)C(=O)CC1(c2ccccc2)CCNCC1. The number of amides is 1. The van der Waals surface area contributed by atoms with E-state index in [1.54, 1.807) is 0 Å². The second-order valence-electron chi connectivity index (χ2n) is 8.59. The Bertz CT molecular complexity index is 933. The van der Waals surface area contributed by atoms with E-state index in [2.05, 4.69) is 5.32 Å². The molecule has 1 saturated heterocycles. The van der Waals surface area contributed by atoms with E-state index in [1.807, 2.05) is 30.3 Å². The van der Waals surface area contributed by atoms with E-state index in [0.717, 1.165) is 5.56 Å². The summed E-state index contributed by atoms with van der Waals surface area (Å²) in [6.07, 6.45) is -8.36. The Morgan fingerprint density at radius 1 is 0.970 bits per heavy atom. The summed E-state index contributed by atoms with van der Waals surface area (Å²) >= 11 is 0. The van der Waals surface area contributed by atoms with Gasteiger partial charge in [-0.2, -0.15) is 26.3 Å². The van der Waals surface area contributed by atoms with Crippen LogP contribution in [0.4, 0.5) is 26.3 Å². The number of piperidine rings is 1. The lowest BCUT2D eigenvalue weighted by molar-refractivity contribution is -0.143. The van der Waals surface area contributed by atoms with Gasteiger partial charge in [0.15, 0.2) is 0 Å². The molecule has 9 heteroatoms. The normalized spacial score (nSPS) is 17.5. The number of alkyl halides is 6. The molecule has 0 bridgehead atoms. The third kappa shape index (κ3) is 5.69. The van der Waals surface area contributed by atoms with Gasteiger partial charge >= 0.3 is 12.4 Å². The number of hydrogen-bond acceptors (Lipinski definition) is 2. The van der Waals surface area contributed by atoms with Crippen LogP contribution in [0.2, 0.25) is 0 Å². The molecule has 180 valence electrons. The fraction of sp³-hybridized carbons (Fsp3) is 0.458. The van der Waals surface area contributed by atoms with Crippen LogP contribution in [0.25, 0.3) is 0 Å². The molecule has 1 fully saturated rings. The van der Waals surface area contributed by atoms with Crippen LogP contribution in [0.1, 0.15) is 54.5 Å². The van der Waals surface area contributed by atoms with Crippen molar-refractivity contribution in [1.82, 2.24) is 10.2 Å². The van der Waals surface area contributed by atoms with Crippen molar-refractivity contribution in [2.75, 3.05) is 20.1 Å². The Morgan fingerprint density at radius 2 is 1.48 bits per heavy atom.